The van der Waals surface area contributed by atoms with Gasteiger partial charge in [0.1, 0.15) is 0 Å². The van der Waals surface area contributed by atoms with Crippen LogP contribution in [0.25, 0.3) is 6.08 Å². The summed E-state index contributed by atoms with van der Waals surface area (Å²) in [5.41, 5.74) is 1.20. The molecule has 0 spiro atoms. The molecule has 2 aromatic rings. The van der Waals surface area contributed by atoms with Gasteiger partial charge in [0, 0.05) is 11.1 Å². The zero-order valence-electron chi connectivity index (χ0n) is 11.6. The molecule has 1 heterocycles. The molecule has 1 aliphatic heterocycles. The summed E-state index contributed by atoms with van der Waals surface area (Å²) in [5, 5.41) is 3.97. The Hall–Kier alpha value is -1.88. The molecule has 2 aromatic carbocycles. The minimum absolute atomic E-state index is 0.137. The quantitative estimate of drug-likeness (QED) is 0.771. The van der Waals surface area contributed by atoms with Gasteiger partial charge in [-0.15, -0.1) is 0 Å². The van der Waals surface area contributed by atoms with Crippen molar-refractivity contribution >= 4 is 52.5 Å². The number of hydrogen-bond acceptors (Lipinski definition) is 3. The standard InChI is InChI=1S/C16H10Cl3NO3/c17-10-2-3-13(11(18)7-10)20-15(21)4-1-9-5-12(19)16-14(6-9)22-8-23-16/h1-7H,8H2,(H,20,21)/b4-1+. The third-order valence-corrected chi connectivity index (χ3v) is 3.89. The summed E-state index contributed by atoms with van der Waals surface area (Å²) in [5.74, 6) is 0.738. The minimum atomic E-state index is -0.331. The highest BCUT2D eigenvalue weighted by atomic mass is 35.5. The SMILES string of the molecule is O=C(/C=C/c1cc(Cl)c2c(c1)OCO2)Nc1ccc(Cl)cc1Cl. The van der Waals surface area contributed by atoms with E-state index in [1.807, 2.05) is 0 Å². The average molecular weight is 371 g/mol. The number of carbonyl (C=O) groups is 1. The highest BCUT2D eigenvalue weighted by Gasteiger charge is 2.17. The summed E-state index contributed by atoms with van der Waals surface area (Å²) in [6.45, 7) is 0.137. The van der Waals surface area contributed by atoms with E-state index in [0.29, 0.717) is 32.3 Å². The first-order chi connectivity index (χ1) is 11.0. The monoisotopic (exact) mass is 369 g/mol. The van der Waals surface area contributed by atoms with Crippen LogP contribution in [0.4, 0.5) is 5.69 Å². The molecule has 7 heteroatoms. The Balaban J connectivity index is 1.72. The van der Waals surface area contributed by atoms with E-state index in [9.17, 15) is 4.79 Å². The molecule has 0 unspecified atom stereocenters. The summed E-state index contributed by atoms with van der Waals surface area (Å²) in [6, 6.07) is 8.26. The van der Waals surface area contributed by atoms with Crippen LogP contribution in [0.15, 0.2) is 36.4 Å². The van der Waals surface area contributed by atoms with Crippen LogP contribution in [0.1, 0.15) is 5.56 Å². The normalized spacial score (nSPS) is 12.7. The molecule has 118 valence electrons. The van der Waals surface area contributed by atoms with Gasteiger partial charge in [0.05, 0.1) is 15.7 Å². The van der Waals surface area contributed by atoms with Gasteiger partial charge in [-0.3, -0.25) is 4.79 Å². The van der Waals surface area contributed by atoms with Gasteiger partial charge in [-0.2, -0.15) is 0 Å². The molecule has 1 aliphatic rings. The van der Waals surface area contributed by atoms with Gasteiger partial charge >= 0.3 is 0 Å². The fraction of sp³-hybridized carbons (Fsp3) is 0.0625. The Labute approximate surface area is 147 Å². The number of benzene rings is 2. The number of carbonyl (C=O) groups excluding carboxylic acids is 1. The molecule has 0 aromatic heterocycles. The number of amides is 1. The molecule has 0 bridgehead atoms. The van der Waals surface area contributed by atoms with Crippen molar-refractivity contribution in [2.45, 2.75) is 0 Å². The summed E-state index contributed by atoms with van der Waals surface area (Å²) in [6.07, 6.45) is 2.99. The van der Waals surface area contributed by atoms with Crippen molar-refractivity contribution in [2.24, 2.45) is 0 Å². The van der Waals surface area contributed by atoms with Crippen LogP contribution in [0, 0.1) is 0 Å². The zero-order valence-corrected chi connectivity index (χ0v) is 13.9. The summed E-state index contributed by atoms with van der Waals surface area (Å²) in [7, 11) is 0. The smallest absolute Gasteiger partial charge is 0.248 e. The number of halogens is 3. The Morgan fingerprint density at radius 1 is 1.09 bits per heavy atom. The zero-order chi connectivity index (χ0) is 16.4. The van der Waals surface area contributed by atoms with Crippen LogP contribution in [0.2, 0.25) is 15.1 Å². The van der Waals surface area contributed by atoms with E-state index in [0.717, 1.165) is 5.56 Å². The minimum Gasteiger partial charge on any atom is -0.454 e. The lowest BCUT2D eigenvalue weighted by Crippen LogP contribution is -2.08. The second-order valence-corrected chi connectivity index (χ2v) is 5.93. The summed E-state index contributed by atoms with van der Waals surface area (Å²) < 4.78 is 10.5. The van der Waals surface area contributed by atoms with Crippen LogP contribution in [-0.2, 0) is 4.79 Å². The molecule has 0 radical (unpaired) electrons. The summed E-state index contributed by atoms with van der Waals surface area (Å²) in [4.78, 5) is 12.0. The first-order valence-electron chi connectivity index (χ1n) is 6.56. The third-order valence-electron chi connectivity index (χ3n) is 3.07. The van der Waals surface area contributed by atoms with Gasteiger partial charge in [-0.05, 0) is 42.0 Å². The average Bonchev–Trinajstić information content (AvgIpc) is 2.97. The Morgan fingerprint density at radius 3 is 2.70 bits per heavy atom. The van der Waals surface area contributed by atoms with Gasteiger partial charge in [-0.1, -0.05) is 34.8 Å². The molecule has 0 saturated carbocycles. The first-order valence-corrected chi connectivity index (χ1v) is 7.69. The highest BCUT2D eigenvalue weighted by Crippen LogP contribution is 2.40. The maximum Gasteiger partial charge on any atom is 0.248 e. The maximum atomic E-state index is 12.0. The first kappa shape index (κ1) is 16.0. The van der Waals surface area contributed by atoms with E-state index in [1.54, 1.807) is 36.4 Å². The van der Waals surface area contributed by atoms with E-state index >= 15 is 0 Å². The fourth-order valence-corrected chi connectivity index (χ4v) is 2.75. The van der Waals surface area contributed by atoms with Crippen molar-refractivity contribution in [3.8, 4) is 11.5 Å². The largest absolute Gasteiger partial charge is 0.454 e. The van der Waals surface area contributed by atoms with E-state index < -0.39 is 0 Å². The van der Waals surface area contributed by atoms with Crippen molar-refractivity contribution in [1.82, 2.24) is 0 Å². The molecule has 4 nitrogen and oxygen atoms in total. The molecule has 1 N–H and O–H groups in total. The molecule has 3 rings (SSSR count). The van der Waals surface area contributed by atoms with E-state index in [1.165, 1.54) is 6.08 Å². The second kappa shape index (κ2) is 6.71. The number of anilines is 1. The fourth-order valence-electron chi connectivity index (χ4n) is 2.02. The second-order valence-electron chi connectivity index (χ2n) is 4.68. The Kier molecular flexibility index (Phi) is 4.66. The lowest BCUT2D eigenvalue weighted by molar-refractivity contribution is -0.111. The molecule has 0 fully saturated rings. The van der Waals surface area contributed by atoms with E-state index in [-0.39, 0.29) is 12.7 Å². The predicted octanol–water partition coefficient (Wildman–Crippen LogP) is 5.03. The number of fused-ring (bicyclic) bond motifs is 1. The summed E-state index contributed by atoms with van der Waals surface area (Å²) >= 11 is 17.9. The molecule has 0 atom stereocenters. The third kappa shape index (κ3) is 3.72. The van der Waals surface area contributed by atoms with Crippen molar-refractivity contribution < 1.29 is 14.3 Å². The molecule has 23 heavy (non-hydrogen) atoms. The van der Waals surface area contributed by atoms with Gasteiger partial charge in [0.15, 0.2) is 11.5 Å². The van der Waals surface area contributed by atoms with E-state index in [2.05, 4.69) is 5.32 Å². The lowest BCUT2D eigenvalue weighted by Gasteiger charge is -2.05. The predicted molar refractivity (Wildman–Crippen MR) is 91.7 cm³/mol. The number of nitrogens with one attached hydrogen (secondary N) is 1. The molecular formula is C16H10Cl3NO3. The van der Waals surface area contributed by atoms with Crippen LogP contribution >= 0.6 is 34.8 Å². The van der Waals surface area contributed by atoms with Gasteiger partial charge < -0.3 is 14.8 Å². The van der Waals surface area contributed by atoms with Crippen molar-refractivity contribution in [2.75, 3.05) is 12.1 Å². The number of rotatable bonds is 3. The Morgan fingerprint density at radius 2 is 1.91 bits per heavy atom. The van der Waals surface area contributed by atoms with Crippen LogP contribution in [0.5, 0.6) is 11.5 Å². The van der Waals surface area contributed by atoms with Crippen molar-refractivity contribution in [1.29, 1.82) is 0 Å². The maximum absolute atomic E-state index is 12.0. The van der Waals surface area contributed by atoms with Crippen molar-refractivity contribution in [3.63, 3.8) is 0 Å². The number of hydrogen-bond donors (Lipinski definition) is 1. The molecular weight excluding hydrogens is 361 g/mol. The van der Waals surface area contributed by atoms with Crippen LogP contribution in [0.3, 0.4) is 0 Å². The lowest BCUT2D eigenvalue weighted by atomic mass is 10.2. The highest BCUT2D eigenvalue weighted by molar-refractivity contribution is 6.36. The molecule has 0 saturated heterocycles. The van der Waals surface area contributed by atoms with E-state index in [4.69, 9.17) is 44.3 Å². The van der Waals surface area contributed by atoms with Gasteiger partial charge in [0.2, 0.25) is 12.7 Å². The topological polar surface area (TPSA) is 47.6 Å². The van der Waals surface area contributed by atoms with Crippen LogP contribution < -0.4 is 14.8 Å². The molecule has 1 amide bonds. The van der Waals surface area contributed by atoms with Crippen molar-refractivity contribution in [3.05, 3.63) is 57.0 Å². The number of ether oxygens (including phenoxy) is 2. The van der Waals surface area contributed by atoms with Gasteiger partial charge in [0.25, 0.3) is 0 Å². The van der Waals surface area contributed by atoms with Crippen LogP contribution in [-0.4, -0.2) is 12.7 Å². The Bertz CT molecular complexity index is 805. The van der Waals surface area contributed by atoms with Gasteiger partial charge in [-0.25, -0.2) is 0 Å². The molecule has 0 aliphatic carbocycles.